The molecule has 0 saturated carbocycles. The van der Waals surface area contributed by atoms with Crippen LogP contribution in [0.15, 0.2) is 14.4 Å². The van der Waals surface area contributed by atoms with Gasteiger partial charge < -0.3 is 26.6 Å². The quantitative estimate of drug-likeness (QED) is 0.0985. The Hall–Kier alpha value is -1.18. The van der Waals surface area contributed by atoms with E-state index in [9.17, 15) is 14.4 Å². The first-order valence-electron chi connectivity index (χ1n) is 18.5. The van der Waals surface area contributed by atoms with Gasteiger partial charge in [-0.1, -0.05) is 41.5 Å². The van der Waals surface area contributed by atoms with Crippen molar-refractivity contribution in [1.29, 1.82) is 0 Å². The standard InChI is InChI=1S/C33H69N3O9Si3/c1-13-40-46(28(7)8,41-14-2)25-19-22-34-31(37)35(23-20-26-47(29(9)10,42-15-3)43-16-4)33(39)36(32(34)38)24-21-27-48(30(11)12,44-17-5)45-18-6/h28-30H,13-27H2,1-12H3. The summed E-state index contributed by atoms with van der Waals surface area (Å²) in [7, 11) is -7.73. The van der Waals surface area contributed by atoms with Crippen LogP contribution < -0.4 is 17.1 Å². The number of hydrogen-bond donors (Lipinski definition) is 0. The lowest BCUT2D eigenvalue weighted by molar-refractivity contribution is 0.173. The second-order valence-corrected chi connectivity index (χ2v) is 24.7. The first-order chi connectivity index (χ1) is 22.7. The Balaban J connectivity index is 3.58. The minimum Gasteiger partial charge on any atom is -0.394 e. The Bertz CT molecular complexity index is 1040. The third kappa shape index (κ3) is 11.7. The average molecular weight is 736 g/mol. The topological polar surface area (TPSA) is 121 Å². The van der Waals surface area contributed by atoms with Crippen LogP contribution in [-0.2, 0) is 46.2 Å². The lowest BCUT2D eigenvalue weighted by Crippen LogP contribution is -2.55. The fourth-order valence-corrected chi connectivity index (χ4v) is 16.3. The highest BCUT2D eigenvalue weighted by atomic mass is 28.4. The van der Waals surface area contributed by atoms with Crippen LogP contribution in [0.4, 0.5) is 0 Å². The predicted molar refractivity (Wildman–Crippen MR) is 200 cm³/mol. The van der Waals surface area contributed by atoms with Gasteiger partial charge in [-0.3, -0.25) is 0 Å². The average Bonchev–Trinajstić information content (AvgIpc) is 3.02. The van der Waals surface area contributed by atoms with E-state index >= 15 is 0 Å². The van der Waals surface area contributed by atoms with E-state index in [1.54, 1.807) is 0 Å². The van der Waals surface area contributed by atoms with Crippen molar-refractivity contribution in [2.75, 3.05) is 39.6 Å². The third-order valence-electron chi connectivity index (χ3n) is 9.08. The summed E-state index contributed by atoms with van der Waals surface area (Å²) in [6.45, 7) is 28.1. The smallest absolute Gasteiger partial charge is 0.340 e. The van der Waals surface area contributed by atoms with Crippen molar-refractivity contribution in [1.82, 2.24) is 13.7 Å². The number of nitrogens with zero attached hydrogens (tertiary/aromatic N) is 3. The molecule has 1 aromatic heterocycles. The van der Waals surface area contributed by atoms with E-state index in [1.807, 2.05) is 41.5 Å². The van der Waals surface area contributed by atoms with Gasteiger partial charge >= 0.3 is 42.8 Å². The lowest BCUT2D eigenvalue weighted by Gasteiger charge is -2.34. The molecule has 1 aromatic rings. The highest BCUT2D eigenvalue weighted by Crippen LogP contribution is 2.31. The molecule has 0 N–H and O–H groups in total. The molecular weight excluding hydrogens is 667 g/mol. The molecule has 0 radical (unpaired) electrons. The fraction of sp³-hybridized carbons (Fsp3) is 0.909. The van der Waals surface area contributed by atoms with E-state index in [0.29, 0.717) is 77.0 Å². The van der Waals surface area contributed by atoms with Crippen molar-refractivity contribution in [3.63, 3.8) is 0 Å². The first-order valence-corrected chi connectivity index (χ1v) is 24.8. The van der Waals surface area contributed by atoms with Gasteiger partial charge in [-0.25, -0.2) is 28.1 Å². The molecule has 1 heterocycles. The summed E-state index contributed by atoms with van der Waals surface area (Å²) < 4.78 is 41.1. The summed E-state index contributed by atoms with van der Waals surface area (Å²) in [5.74, 6) is 0. The minimum atomic E-state index is -2.58. The summed E-state index contributed by atoms with van der Waals surface area (Å²) in [6, 6.07) is 1.90. The zero-order valence-corrected chi connectivity index (χ0v) is 35.4. The van der Waals surface area contributed by atoms with E-state index < -0.39 is 42.8 Å². The van der Waals surface area contributed by atoms with Crippen molar-refractivity contribution in [3.8, 4) is 0 Å². The normalized spacial score (nSPS) is 13.1. The molecule has 0 atom stereocenters. The van der Waals surface area contributed by atoms with E-state index in [2.05, 4.69) is 41.5 Å². The van der Waals surface area contributed by atoms with Crippen LogP contribution in [0.5, 0.6) is 0 Å². The Morgan fingerprint density at radius 2 is 0.604 bits per heavy atom. The van der Waals surface area contributed by atoms with Gasteiger partial charge in [-0.2, -0.15) is 0 Å². The molecule has 12 nitrogen and oxygen atoms in total. The van der Waals surface area contributed by atoms with Gasteiger partial charge in [-0.05, 0) is 95.6 Å². The second kappa shape index (κ2) is 21.9. The maximum atomic E-state index is 13.9. The highest BCUT2D eigenvalue weighted by molar-refractivity contribution is 6.69. The molecule has 0 aliphatic rings. The van der Waals surface area contributed by atoms with Crippen LogP contribution in [0.2, 0.25) is 34.8 Å². The maximum Gasteiger partial charge on any atom is 0.340 e. The Kier molecular flexibility index (Phi) is 20.5. The SMILES string of the molecule is CCO[Si](CCCn1c(=O)n(CCC[Si](OCC)(OCC)C(C)C)c(=O)n(CCC[Si](OCC)(OCC)C(C)C)c1=O)(OCC)C(C)C. The Morgan fingerprint density at radius 1 is 0.417 bits per heavy atom. The minimum absolute atomic E-state index is 0.171. The molecule has 0 saturated heterocycles. The van der Waals surface area contributed by atoms with Gasteiger partial charge in [0.1, 0.15) is 0 Å². The zero-order chi connectivity index (χ0) is 36.5. The van der Waals surface area contributed by atoms with Gasteiger partial charge in [0.2, 0.25) is 0 Å². The summed E-state index contributed by atoms with van der Waals surface area (Å²) in [4.78, 5) is 41.7. The lowest BCUT2D eigenvalue weighted by atomic mass is 10.4. The van der Waals surface area contributed by atoms with Crippen LogP contribution >= 0.6 is 0 Å². The molecule has 15 heteroatoms. The van der Waals surface area contributed by atoms with Crippen molar-refractivity contribution in [2.45, 2.75) is 157 Å². The molecule has 0 unspecified atom stereocenters. The molecule has 0 amide bonds. The van der Waals surface area contributed by atoms with Crippen LogP contribution in [0.25, 0.3) is 0 Å². The molecule has 0 fully saturated rings. The van der Waals surface area contributed by atoms with Crippen LogP contribution in [0.3, 0.4) is 0 Å². The van der Waals surface area contributed by atoms with Crippen molar-refractivity contribution in [3.05, 3.63) is 31.5 Å². The van der Waals surface area contributed by atoms with E-state index in [-0.39, 0.29) is 36.3 Å². The van der Waals surface area contributed by atoms with Crippen LogP contribution in [-0.4, -0.2) is 79.0 Å². The molecule has 0 spiro atoms. The van der Waals surface area contributed by atoms with E-state index in [1.165, 1.54) is 13.7 Å². The van der Waals surface area contributed by atoms with Gasteiger partial charge in [0.25, 0.3) is 0 Å². The molecular formula is C33H69N3O9Si3. The van der Waals surface area contributed by atoms with Crippen molar-refractivity contribution >= 4 is 25.7 Å². The van der Waals surface area contributed by atoms with Crippen molar-refractivity contribution in [2.24, 2.45) is 0 Å². The molecule has 1 rings (SSSR count). The molecule has 0 aliphatic heterocycles. The Labute approximate surface area is 293 Å². The monoisotopic (exact) mass is 735 g/mol. The molecule has 282 valence electrons. The van der Waals surface area contributed by atoms with Crippen molar-refractivity contribution < 1.29 is 26.6 Å². The maximum absolute atomic E-state index is 13.9. The molecule has 0 aliphatic carbocycles. The van der Waals surface area contributed by atoms with Gasteiger partial charge in [0.05, 0.1) is 0 Å². The largest absolute Gasteiger partial charge is 0.394 e. The molecule has 0 aromatic carbocycles. The van der Waals surface area contributed by atoms with E-state index in [4.69, 9.17) is 26.6 Å². The fourth-order valence-electron chi connectivity index (χ4n) is 6.60. The van der Waals surface area contributed by atoms with Gasteiger partial charge in [-0.15, -0.1) is 0 Å². The Morgan fingerprint density at radius 3 is 0.750 bits per heavy atom. The van der Waals surface area contributed by atoms with Gasteiger partial charge in [0, 0.05) is 59.3 Å². The summed E-state index contributed by atoms with van der Waals surface area (Å²) in [5, 5.41) is 0. The molecule has 0 bridgehead atoms. The van der Waals surface area contributed by atoms with E-state index in [0.717, 1.165) is 0 Å². The highest BCUT2D eigenvalue weighted by Gasteiger charge is 2.42. The third-order valence-corrected chi connectivity index (χ3v) is 22.2. The first kappa shape index (κ1) is 44.8. The predicted octanol–water partition coefficient (Wildman–Crippen LogP) is 6.12. The summed E-state index contributed by atoms with van der Waals surface area (Å²) >= 11 is 0. The molecule has 48 heavy (non-hydrogen) atoms. The summed E-state index contributed by atoms with van der Waals surface area (Å²) in [5.41, 5.74) is -1.15. The number of rotatable bonds is 27. The number of hydrogen-bond acceptors (Lipinski definition) is 9. The number of aromatic nitrogens is 3. The second-order valence-electron chi connectivity index (χ2n) is 13.1. The zero-order valence-electron chi connectivity index (χ0n) is 32.4. The van der Waals surface area contributed by atoms with Crippen LogP contribution in [0.1, 0.15) is 102 Å². The van der Waals surface area contributed by atoms with Gasteiger partial charge in [0.15, 0.2) is 0 Å². The summed E-state index contributed by atoms with van der Waals surface area (Å²) in [6.07, 6.45) is 1.57. The van der Waals surface area contributed by atoms with Crippen LogP contribution in [0, 0.1) is 0 Å².